The monoisotopic (exact) mass is 381 g/mol. The van der Waals surface area contributed by atoms with Crippen molar-refractivity contribution in [3.63, 3.8) is 0 Å². The third kappa shape index (κ3) is 3.76. The summed E-state index contributed by atoms with van der Waals surface area (Å²) in [4.78, 5) is 12.0. The summed E-state index contributed by atoms with van der Waals surface area (Å²) in [6, 6.07) is 22.8. The van der Waals surface area contributed by atoms with Crippen LogP contribution in [0.2, 0.25) is 0 Å². The van der Waals surface area contributed by atoms with E-state index in [-0.39, 0.29) is 12.2 Å². The van der Waals surface area contributed by atoms with Crippen LogP contribution >= 0.6 is 0 Å². The highest BCUT2D eigenvalue weighted by Gasteiger charge is 2.10. The summed E-state index contributed by atoms with van der Waals surface area (Å²) >= 11 is 0. The van der Waals surface area contributed by atoms with E-state index in [4.69, 9.17) is 14.4 Å². The van der Waals surface area contributed by atoms with Gasteiger partial charge >= 0.3 is 5.63 Å². The Morgan fingerprint density at radius 3 is 2.24 bits per heavy atom. The zero-order valence-corrected chi connectivity index (χ0v) is 16.2. The molecule has 1 aromatic heterocycles. The molecule has 0 bridgehead atoms. The van der Waals surface area contributed by atoms with E-state index in [0.29, 0.717) is 16.9 Å². The number of hydrogen-bond donors (Lipinski definition) is 0. The highest BCUT2D eigenvalue weighted by molar-refractivity contribution is 5.83. The van der Waals surface area contributed by atoms with Crippen LogP contribution in [0.3, 0.4) is 0 Å². The zero-order chi connectivity index (χ0) is 20.4. The topological polar surface area (TPSA) is 63.2 Å². The lowest BCUT2D eigenvalue weighted by atomic mass is 10.0. The Bertz CT molecular complexity index is 1280. The second kappa shape index (κ2) is 7.65. The predicted molar refractivity (Wildman–Crippen MR) is 113 cm³/mol. The minimum Gasteiger partial charge on any atom is -0.489 e. The quantitative estimate of drug-likeness (QED) is 0.436. The van der Waals surface area contributed by atoms with E-state index < -0.39 is 0 Å². The molecule has 0 amide bonds. The number of hydrogen-bond acceptors (Lipinski definition) is 4. The molecule has 0 saturated carbocycles. The molecule has 0 radical (unpaired) electrons. The Labute approximate surface area is 168 Å². The smallest absolute Gasteiger partial charge is 0.336 e. The second-order valence-corrected chi connectivity index (χ2v) is 6.98. The van der Waals surface area contributed by atoms with Gasteiger partial charge in [-0.05, 0) is 60.4 Å². The maximum atomic E-state index is 12.0. The summed E-state index contributed by atoms with van der Waals surface area (Å²) in [7, 11) is 0. The molecule has 0 saturated heterocycles. The summed E-state index contributed by atoms with van der Waals surface area (Å²) in [5, 5.41) is 9.80. The van der Waals surface area contributed by atoms with Gasteiger partial charge in [0, 0.05) is 17.0 Å². The Kier molecular flexibility index (Phi) is 4.88. The normalized spacial score (nSPS) is 10.7. The lowest BCUT2D eigenvalue weighted by Gasteiger charge is -2.11. The summed E-state index contributed by atoms with van der Waals surface area (Å²) in [6.45, 7) is 4.22. The minimum absolute atomic E-state index is 0.279. The van der Waals surface area contributed by atoms with Crippen molar-refractivity contribution in [3.8, 4) is 22.9 Å². The van der Waals surface area contributed by atoms with Crippen LogP contribution in [-0.4, -0.2) is 0 Å². The minimum atomic E-state index is -0.374. The molecule has 0 N–H and O–H groups in total. The summed E-state index contributed by atoms with van der Waals surface area (Å²) in [5.74, 6) is 0.715. The third-order valence-electron chi connectivity index (χ3n) is 5.11. The molecule has 4 heteroatoms. The van der Waals surface area contributed by atoms with Gasteiger partial charge < -0.3 is 9.15 Å². The molecule has 4 aromatic rings. The van der Waals surface area contributed by atoms with Gasteiger partial charge in [0.15, 0.2) is 0 Å². The molecule has 1 heterocycles. The van der Waals surface area contributed by atoms with Crippen molar-refractivity contribution in [2.24, 2.45) is 0 Å². The van der Waals surface area contributed by atoms with Gasteiger partial charge in [-0.1, -0.05) is 36.4 Å². The molecule has 3 aromatic carbocycles. The Morgan fingerprint density at radius 2 is 1.59 bits per heavy atom. The molecule has 0 aliphatic heterocycles. The number of rotatable bonds is 4. The van der Waals surface area contributed by atoms with Crippen molar-refractivity contribution in [1.82, 2.24) is 0 Å². The fourth-order valence-corrected chi connectivity index (χ4v) is 3.29. The van der Waals surface area contributed by atoms with Gasteiger partial charge in [0.05, 0.1) is 11.6 Å². The van der Waals surface area contributed by atoms with Gasteiger partial charge in [-0.25, -0.2) is 4.79 Å². The molecule has 0 fully saturated rings. The molecule has 0 unspecified atom stereocenters. The predicted octanol–water partition coefficient (Wildman–Crippen LogP) is 5.53. The van der Waals surface area contributed by atoms with Gasteiger partial charge in [-0.15, -0.1) is 0 Å². The first-order valence-electron chi connectivity index (χ1n) is 9.31. The Hall–Kier alpha value is -3.84. The van der Waals surface area contributed by atoms with E-state index in [1.807, 2.05) is 62.4 Å². The Balaban J connectivity index is 1.56. The SMILES string of the molecule is Cc1ccc2c(COc3ccc(-c4ccc(C#N)cc4)cc3)cc(=O)oc2c1C. The summed E-state index contributed by atoms with van der Waals surface area (Å²) in [5.41, 5.74) is 5.81. The molecule has 0 spiro atoms. The van der Waals surface area contributed by atoms with E-state index in [0.717, 1.165) is 33.2 Å². The number of nitriles is 1. The van der Waals surface area contributed by atoms with Gasteiger partial charge in [0.1, 0.15) is 17.9 Å². The lowest BCUT2D eigenvalue weighted by Crippen LogP contribution is -2.05. The van der Waals surface area contributed by atoms with Crippen molar-refractivity contribution in [1.29, 1.82) is 5.26 Å². The van der Waals surface area contributed by atoms with E-state index >= 15 is 0 Å². The fourth-order valence-electron chi connectivity index (χ4n) is 3.29. The van der Waals surface area contributed by atoms with Crippen LogP contribution in [0, 0.1) is 25.2 Å². The molecule has 4 nitrogen and oxygen atoms in total. The molecule has 0 aliphatic carbocycles. The molecule has 29 heavy (non-hydrogen) atoms. The molecule has 4 rings (SSSR count). The van der Waals surface area contributed by atoms with Crippen LogP contribution in [0.4, 0.5) is 0 Å². The molecule has 0 aliphatic rings. The number of nitrogens with zero attached hydrogens (tertiary/aromatic N) is 1. The first-order chi connectivity index (χ1) is 14.0. The van der Waals surface area contributed by atoms with Crippen LogP contribution in [0.15, 0.2) is 75.9 Å². The van der Waals surface area contributed by atoms with E-state index in [1.54, 1.807) is 12.1 Å². The highest BCUT2D eigenvalue weighted by atomic mass is 16.5. The molecular weight excluding hydrogens is 362 g/mol. The average Bonchev–Trinajstić information content (AvgIpc) is 2.75. The standard InChI is InChI=1S/C25H19NO3/c1-16-3-12-23-21(13-24(27)29-25(23)17(16)2)15-28-22-10-8-20(9-11-22)19-6-4-18(14-26)5-7-19/h3-13H,15H2,1-2H3. The van der Waals surface area contributed by atoms with Crippen molar-refractivity contribution in [3.05, 3.63) is 99.4 Å². The van der Waals surface area contributed by atoms with Crippen molar-refractivity contribution >= 4 is 11.0 Å². The zero-order valence-electron chi connectivity index (χ0n) is 16.2. The summed E-state index contributed by atoms with van der Waals surface area (Å²) < 4.78 is 11.3. The van der Waals surface area contributed by atoms with Crippen molar-refractivity contribution in [2.75, 3.05) is 0 Å². The van der Waals surface area contributed by atoms with Crippen molar-refractivity contribution in [2.45, 2.75) is 20.5 Å². The van der Waals surface area contributed by atoms with Crippen LogP contribution in [-0.2, 0) is 6.61 Å². The number of fused-ring (bicyclic) bond motifs is 1. The first kappa shape index (κ1) is 18.5. The fraction of sp³-hybridized carbons (Fsp3) is 0.120. The number of benzene rings is 3. The van der Waals surface area contributed by atoms with Crippen LogP contribution in [0.25, 0.3) is 22.1 Å². The van der Waals surface area contributed by atoms with E-state index in [9.17, 15) is 4.79 Å². The van der Waals surface area contributed by atoms with E-state index in [2.05, 4.69) is 6.07 Å². The maximum absolute atomic E-state index is 12.0. The average molecular weight is 381 g/mol. The Morgan fingerprint density at radius 1 is 0.931 bits per heavy atom. The third-order valence-corrected chi connectivity index (χ3v) is 5.11. The highest BCUT2D eigenvalue weighted by Crippen LogP contribution is 2.26. The number of ether oxygens (including phenoxy) is 1. The maximum Gasteiger partial charge on any atom is 0.336 e. The van der Waals surface area contributed by atoms with Crippen LogP contribution in [0.1, 0.15) is 22.3 Å². The molecular formula is C25H19NO3. The molecule has 0 atom stereocenters. The van der Waals surface area contributed by atoms with Crippen LogP contribution < -0.4 is 10.4 Å². The lowest BCUT2D eigenvalue weighted by molar-refractivity contribution is 0.306. The number of aryl methyl sites for hydroxylation is 2. The van der Waals surface area contributed by atoms with Gasteiger partial charge in [0.25, 0.3) is 0 Å². The van der Waals surface area contributed by atoms with Gasteiger partial charge in [-0.2, -0.15) is 5.26 Å². The van der Waals surface area contributed by atoms with Gasteiger partial charge in [-0.3, -0.25) is 0 Å². The molecule has 142 valence electrons. The van der Waals surface area contributed by atoms with Crippen molar-refractivity contribution < 1.29 is 9.15 Å². The van der Waals surface area contributed by atoms with E-state index in [1.165, 1.54) is 6.07 Å². The summed E-state index contributed by atoms with van der Waals surface area (Å²) in [6.07, 6.45) is 0. The largest absolute Gasteiger partial charge is 0.489 e. The first-order valence-corrected chi connectivity index (χ1v) is 9.31. The van der Waals surface area contributed by atoms with Gasteiger partial charge in [0.2, 0.25) is 0 Å². The van der Waals surface area contributed by atoms with Crippen LogP contribution in [0.5, 0.6) is 5.75 Å². The second-order valence-electron chi connectivity index (χ2n) is 6.98.